The molecular weight excluding hydrogens is 397 g/mol. The van der Waals surface area contributed by atoms with Gasteiger partial charge in [0.15, 0.2) is 5.78 Å². The summed E-state index contributed by atoms with van der Waals surface area (Å²) in [6.07, 6.45) is -5.29. The number of benzene rings is 2. The van der Waals surface area contributed by atoms with E-state index in [9.17, 15) is 27.9 Å². The van der Waals surface area contributed by atoms with Crippen LogP contribution in [0.3, 0.4) is 0 Å². The Labute approximate surface area is 163 Å². The van der Waals surface area contributed by atoms with Gasteiger partial charge < -0.3 is 15.7 Å². The Morgan fingerprint density at radius 1 is 1.11 bits per heavy atom. The van der Waals surface area contributed by atoms with Crippen LogP contribution in [0.1, 0.15) is 27.5 Å². The Bertz CT molecular complexity index is 900. The third-order valence-electron chi connectivity index (χ3n) is 4.65. The average Bonchev–Trinajstić information content (AvgIpc) is 2.61. The van der Waals surface area contributed by atoms with E-state index in [-0.39, 0.29) is 11.1 Å². The van der Waals surface area contributed by atoms with Crippen molar-refractivity contribution in [2.75, 3.05) is 0 Å². The molecule has 1 saturated heterocycles. The number of carbonyl (C=O) groups excluding carboxylic acids is 2. The molecule has 3 atom stereocenters. The van der Waals surface area contributed by atoms with E-state index in [4.69, 9.17) is 11.6 Å². The summed E-state index contributed by atoms with van der Waals surface area (Å²) in [7, 11) is 0. The summed E-state index contributed by atoms with van der Waals surface area (Å²) in [4.78, 5) is 25.0. The smallest absolute Gasteiger partial charge is 0.363 e. The first-order valence-electron chi connectivity index (χ1n) is 8.27. The van der Waals surface area contributed by atoms with E-state index >= 15 is 0 Å². The summed E-state index contributed by atoms with van der Waals surface area (Å²) in [5.74, 6) is -3.03. The second kappa shape index (κ2) is 7.10. The number of hydrogen-bond donors (Lipinski definition) is 3. The van der Waals surface area contributed by atoms with Crippen molar-refractivity contribution in [1.29, 1.82) is 0 Å². The van der Waals surface area contributed by atoms with Gasteiger partial charge in [0.25, 0.3) is 0 Å². The summed E-state index contributed by atoms with van der Waals surface area (Å²) in [6.45, 7) is 1.76. The van der Waals surface area contributed by atoms with Crippen LogP contribution < -0.4 is 10.6 Å². The molecule has 1 aliphatic rings. The minimum Gasteiger partial charge on any atom is -0.363 e. The highest BCUT2D eigenvalue weighted by atomic mass is 35.5. The van der Waals surface area contributed by atoms with Crippen molar-refractivity contribution < 1.29 is 27.9 Å². The first-order chi connectivity index (χ1) is 13.0. The molecule has 1 heterocycles. The number of amides is 2. The number of alkyl halides is 3. The molecule has 2 amide bonds. The lowest BCUT2D eigenvalue weighted by Gasteiger charge is -2.45. The topological polar surface area (TPSA) is 78.4 Å². The third-order valence-corrected chi connectivity index (χ3v) is 4.91. The van der Waals surface area contributed by atoms with Gasteiger partial charge >= 0.3 is 12.2 Å². The van der Waals surface area contributed by atoms with Crippen molar-refractivity contribution >= 4 is 23.4 Å². The molecule has 0 radical (unpaired) electrons. The van der Waals surface area contributed by atoms with E-state index in [1.54, 1.807) is 19.1 Å². The van der Waals surface area contributed by atoms with Gasteiger partial charge in [-0.2, -0.15) is 13.2 Å². The quantitative estimate of drug-likeness (QED) is 0.672. The highest BCUT2D eigenvalue weighted by Gasteiger charge is 2.66. The fourth-order valence-electron chi connectivity index (χ4n) is 3.18. The molecule has 0 saturated carbocycles. The van der Waals surface area contributed by atoms with Crippen molar-refractivity contribution in [3.63, 3.8) is 0 Å². The minimum absolute atomic E-state index is 0.0183. The molecule has 3 N–H and O–H groups in total. The third kappa shape index (κ3) is 3.57. The SMILES string of the molecule is Cc1ccc(C(=O)[C@H]2[C@H](c3ccc(Cl)cc3)NC(=O)N[C@]2(O)C(F)(F)F)cc1. The van der Waals surface area contributed by atoms with Crippen molar-refractivity contribution in [2.24, 2.45) is 5.92 Å². The Balaban J connectivity index is 2.15. The average molecular weight is 413 g/mol. The Morgan fingerprint density at radius 3 is 2.21 bits per heavy atom. The number of carbonyl (C=O) groups is 2. The zero-order valence-electron chi connectivity index (χ0n) is 14.5. The second-order valence-corrected chi connectivity index (χ2v) is 7.04. The highest BCUT2D eigenvalue weighted by molar-refractivity contribution is 6.30. The maximum Gasteiger partial charge on any atom is 0.437 e. The van der Waals surface area contributed by atoms with Crippen LogP contribution in [-0.4, -0.2) is 28.8 Å². The number of halogens is 4. The molecule has 0 aromatic heterocycles. The maximum atomic E-state index is 13.8. The van der Waals surface area contributed by atoms with Crippen molar-refractivity contribution in [1.82, 2.24) is 10.6 Å². The van der Waals surface area contributed by atoms with Gasteiger partial charge in [-0.1, -0.05) is 53.6 Å². The van der Waals surface area contributed by atoms with E-state index in [0.717, 1.165) is 5.56 Å². The number of ketones is 1. The molecule has 0 aliphatic carbocycles. The van der Waals surface area contributed by atoms with E-state index < -0.39 is 35.7 Å². The van der Waals surface area contributed by atoms with Gasteiger partial charge in [0.2, 0.25) is 5.72 Å². The summed E-state index contributed by atoms with van der Waals surface area (Å²) in [5, 5.41) is 14.6. The molecule has 0 spiro atoms. The van der Waals surface area contributed by atoms with E-state index in [1.807, 2.05) is 0 Å². The predicted molar refractivity (Wildman–Crippen MR) is 95.9 cm³/mol. The number of aryl methyl sites for hydroxylation is 1. The number of urea groups is 1. The molecule has 1 aliphatic heterocycles. The molecular formula is C19H16ClF3N2O3. The molecule has 9 heteroatoms. The van der Waals surface area contributed by atoms with Crippen LogP contribution in [0.4, 0.5) is 18.0 Å². The van der Waals surface area contributed by atoms with Crippen LogP contribution >= 0.6 is 11.6 Å². The van der Waals surface area contributed by atoms with E-state index in [1.165, 1.54) is 41.7 Å². The maximum absolute atomic E-state index is 13.8. The summed E-state index contributed by atoms with van der Waals surface area (Å²) >= 11 is 5.82. The predicted octanol–water partition coefficient (Wildman–Crippen LogP) is 3.75. The molecule has 1 fully saturated rings. The summed E-state index contributed by atoms with van der Waals surface area (Å²) in [6, 6.07) is 8.87. The lowest BCUT2D eigenvalue weighted by atomic mass is 9.77. The van der Waals surface area contributed by atoms with Crippen LogP contribution in [0.5, 0.6) is 0 Å². The first kappa shape index (κ1) is 20.2. The molecule has 5 nitrogen and oxygen atoms in total. The van der Waals surface area contributed by atoms with Gasteiger partial charge in [-0.15, -0.1) is 0 Å². The largest absolute Gasteiger partial charge is 0.437 e. The standard InChI is InChI=1S/C19H16ClF3N2O3/c1-10-2-4-12(5-3-10)16(26)14-15(11-6-8-13(20)9-7-11)24-17(27)25-18(14,28)19(21,22)23/h2-9,14-15,28H,1H3,(H2,24,25,27)/t14-,15+,18-/m1/s1. The lowest BCUT2D eigenvalue weighted by Crippen LogP contribution is -2.72. The molecule has 3 rings (SSSR count). The fraction of sp³-hybridized carbons (Fsp3) is 0.263. The molecule has 0 unspecified atom stereocenters. The summed E-state index contributed by atoms with van der Waals surface area (Å²) < 4.78 is 41.3. The van der Waals surface area contributed by atoms with Gasteiger partial charge in [0.1, 0.15) is 5.92 Å². The van der Waals surface area contributed by atoms with Crippen LogP contribution in [0.15, 0.2) is 48.5 Å². The Hall–Kier alpha value is -2.58. The van der Waals surface area contributed by atoms with Gasteiger partial charge in [-0.3, -0.25) is 4.79 Å². The monoisotopic (exact) mass is 412 g/mol. The fourth-order valence-corrected chi connectivity index (χ4v) is 3.31. The molecule has 148 valence electrons. The van der Waals surface area contributed by atoms with Gasteiger partial charge in [0, 0.05) is 10.6 Å². The lowest BCUT2D eigenvalue weighted by molar-refractivity contribution is -0.287. The molecule has 28 heavy (non-hydrogen) atoms. The van der Waals surface area contributed by atoms with Crippen molar-refractivity contribution in [2.45, 2.75) is 24.9 Å². The van der Waals surface area contributed by atoms with Gasteiger partial charge in [-0.25, -0.2) is 4.79 Å². The minimum atomic E-state index is -5.29. The number of Topliss-reactive ketones (excluding diaryl/α,β-unsaturated/α-hetero) is 1. The van der Waals surface area contributed by atoms with Gasteiger partial charge in [0.05, 0.1) is 6.04 Å². The highest BCUT2D eigenvalue weighted by Crippen LogP contribution is 2.44. The zero-order valence-corrected chi connectivity index (χ0v) is 15.3. The summed E-state index contributed by atoms with van der Waals surface area (Å²) in [5.41, 5.74) is -2.75. The van der Waals surface area contributed by atoms with Crippen molar-refractivity contribution in [3.05, 3.63) is 70.2 Å². The molecule has 0 bridgehead atoms. The number of rotatable bonds is 3. The number of nitrogens with one attached hydrogen (secondary N) is 2. The molecule has 2 aromatic rings. The first-order valence-corrected chi connectivity index (χ1v) is 8.65. The Morgan fingerprint density at radius 2 is 1.68 bits per heavy atom. The van der Waals surface area contributed by atoms with E-state index in [0.29, 0.717) is 5.02 Å². The zero-order chi connectivity index (χ0) is 20.7. The van der Waals surface area contributed by atoms with Crippen LogP contribution in [0.2, 0.25) is 5.02 Å². The molecule has 2 aromatic carbocycles. The van der Waals surface area contributed by atoms with Crippen LogP contribution in [-0.2, 0) is 0 Å². The number of aliphatic hydroxyl groups is 1. The van der Waals surface area contributed by atoms with Gasteiger partial charge in [-0.05, 0) is 24.6 Å². The van der Waals surface area contributed by atoms with Crippen LogP contribution in [0, 0.1) is 12.8 Å². The number of hydrogen-bond acceptors (Lipinski definition) is 3. The van der Waals surface area contributed by atoms with Crippen molar-refractivity contribution in [3.8, 4) is 0 Å². The van der Waals surface area contributed by atoms with E-state index in [2.05, 4.69) is 5.32 Å². The van der Waals surface area contributed by atoms with Crippen LogP contribution in [0.25, 0.3) is 0 Å². The second-order valence-electron chi connectivity index (χ2n) is 6.60. The Kier molecular flexibility index (Phi) is 5.12. The normalized spacial score (nSPS) is 25.0.